The van der Waals surface area contributed by atoms with Crippen LogP contribution in [0, 0.1) is 0 Å². The van der Waals surface area contributed by atoms with Crippen LogP contribution in [0.1, 0.15) is 18.9 Å². The first kappa shape index (κ1) is 15.2. The van der Waals surface area contributed by atoms with Gasteiger partial charge in [-0.1, -0.05) is 30.3 Å². The second kappa shape index (κ2) is 6.33. The second-order valence-electron chi connectivity index (χ2n) is 4.86. The Morgan fingerprint density at radius 2 is 1.84 bits per heavy atom. The van der Waals surface area contributed by atoms with E-state index in [0.29, 0.717) is 0 Å². The van der Waals surface area contributed by atoms with E-state index in [9.17, 15) is 9.59 Å². The Balaban J connectivity index is 2.56. The summed E-state index contributed by atoms with van der Waals surface area (Å²) in [6, 6.07) is 9.16. The van der Waals surface area contributed by atoms with E-state index in [2.05, 4.69) is 5.32 Å². The maximum atomic E-state index is 12.1. The van der Waals surface area contributed by atoms with Crippen molar-refractivity contribution >= 4 is 11.8 Å². The number of hydrogen-bond acceptors (Lipinski definition) is 3. The van der Waals surface area contributed by atoms with Crippen molar-refractivity contribution in [2.45, 2.75) is 18.9 Å². The molecule has 0 aliphatic carbocycles. The predicted octanol–water partition coefficient (Wildman–Crippen LogP) is 0.455. The molecule has 5 nitrogen and oxygen atoms in total. The van der Waals surface area contributed by atoms with Crippen LogP contribution < -0.4 is 11.1 Å². The summed E-state index contributed by atoms with van der Waals surface area (Å²) >= 11 is 0. The maximum absolute atomic E-state index is 12.1. The lowest BCUT2D eigenvalue weighted by Gasteiger charge is -2.24. The average molecular weight is 263 g/mol. The van der Waals surface area contributed by atoms with Crippen molar-refractivity contribution in [3.05, 3.63) is 35.9 Å². The van der Waals surface area contributed by atoms with E-state index in [1.54, 1.807) is 21.0 Å². The van der Waals surface area contributed by atoms with Crippen LogP contribution in [-0.2, 0) is 15.1 Å². The molecule has 0 heterocycles. The summed E-state index contributed by atoms with van der Waals surface area (Å²) in [5.41, 5.74) is 5.70. The average Bonchev–Trinajstić information content (AvgIpc) is 2.39. The molecule has 3 N–H and O–H groups in total. The van der Waals surface area contributed by atoms with Gasteiger partial charge in [0, 0.05) is 27.1 Å². The maximum Gasteiger partial charge on any atom is 0.244 e. The van der Waals surface area contributed by atoms with Crippen molar-refractivity contribution in [2.24, 2.45) is 5.73 Å². The summed E-state index contributed by atoms with van der Waals surface area (Å²) in [4.78, 5) is 24.9. The molecule has 0 saturated carbocycles. The lowest BCUT2D eigenvalue weighted by atomic mass is 9.92. The fourth-order valence-corrected chi connectivity index (χ4v) is 1.61. The molecule has 0 radical (unpaired) electrons. The van der Waals surface area contributed by atoms with Crippen LogP contribution in [0.2, 0.25) is 0 Å². The van der Waals surface area contributed by atoms with Crippen LogP contribution in [0.3, 0.4) is 0 Å². The molecular formula is C14H21N3O2. The third-order valence-corrected chi connectivity index (χ3v) is 2.97. The molecule has 0 aliphatic heterocycles. The molecular weight excluding hydrogens is 242 g/mol. The summed E-state index contributed by atoms with van der Waals surface area (Å²) in [6.07, 6.45) is 0.267. The highest BCUT2D eigenvalue weighted by Crippen LogP contribution is 2.17. The van der Waals surface area contributed by atoms with Gasteiger partial charge in [0.15, 0.2) is 0 Å². The van der Waals surface area contributed by atoms with Gasteiger partial charge in [0.25, 0.3) is 0 Å². The van der Waals surface area contributed by atoms with E-state index in [0.717, 1.165) is 5.56 Å². The minimum absolute atomic E-state index is 0.0289. The fraction of sp³-hybridized carbons (Fsp3) is 0.429. The lowest BCUT2D eigenvalue weighted by Crippen LogP contribution is -2.49. The van der Waals surface area contributed by atoms with Gasteiger partial charge in [-0.3, -0.25) is 9.59 Å². The molecule has 19 heavy (non-hydrogen) atoms. The quantitative estimate of drug-likeness (QED) is 0.810. The molecule has 0 aromatic heterocycles. The van der Waals surface area contributed by atoms with E-state index in [1.165, 1.54) is 4.90 Å². The zero-order chi connectivity index (χ0) is 14.5. The number of nitrogens with two attached hydrogens (primary N) is 1. The normalized spacial score (nSPS) is 13.5. The van der Waals surface area contributed by atoms with E-state index in [4.69, 9.17) is 5.73 Å². The molecule has 0 spiro atoms. The van der Waals surface area contributed by atoms with Crippen molar-refractivity contribution in [3.8, 4) is 0 Å². The highest BCUT2D eigenvalue weighted by molar-refractivity contribution is 5.87. The van der Waals surface area contributed by atoms with Gasteiger partial charge >= 0.3 is 0 Å². The number of benzene rings is 1. The van der Waals surface area contributed by atoms with E-state index < -0.39 is 5.54 Å². The van der Waals surface area contributed by atoms with Crippen LogP contribution in [0.25, 0.3) is 0 Å². The van der Waals surface area contributed by atoms with Crippen LogP contribution in [0.15, 0.2) is 30.3 Å². The molecule has 1 unspecified atom stereocenters. The number of rotatable bonds is 5. The Labute approximate surface area is 113 Å². The summed E-state index contributed by atoms with van der Waals surface area (Å²) in [5.74, 6) is -0.316. The number of amides is 2. The highest BCUT2D eigenvalue weighted by Gasteiger charge is 2.29. The molecule has 104 valence electrons. The van der Waals surface area contributed by atoms with Crippen LogP contribution >= 0.6 is 0 Å². The van der Waals surface area contributed by atoms with Crippen LogP contribution in [-0.4, -0.2) is 37.4 Å². The number of nitrogens with zero attached hydrogens (tertiary/aromatic N) is 1. The molecule has 0 bridgehead atoms. The Morgan fingerprint density at radius 3 is 2.37 bits per heavy atom. The molecule has 1 aromatic rings. The van der Waals surface area contributed by atoms with Gasteiger partial charge in [-0.15, -0.1) is 0 Å². The van der Waals surface area contributed by atoms with Gasteiger partial charge in [-0.05, 0) is 12.5 Å². The van der Waals surface area contributed by atoms with E-state index in [1.807, 2.05) is 30.3 Å². The number of hydrogen-bond donors (Lipinski definition) is 2. The predicted molar refractivity (Wildman–Crippen MR) is 74.3 cm³/mol. The van der Waals surface area contributed by atoms with Gasteiger partial charge in [-0.2, -0.15) is 0 Å². The third-order valence-electron chi connectivity index (χ3n) is 2.97. The summed E-state index contributed by atoms with van der Waals surface area (Å²) in [7, 11) is 3.36. The lowest BCUT2D eigenvalue weighted by molar-refractivity contribution is -0.129. The van der Waals surface area contributed by atoms with Gasteiger partial charge in [0.1, 0.15) is 5.54 Å². The topological polar surface area (TPSA) is 75.4 Å². The minimum Gasteiger partial charge on any atom is -0.354 e. The Hall–Kier alpha value is -1.88. The van der Waals surface area contributed by atoms with Crippen LogP contribution in [0.5, 0.6) is 0 Å². The van der Waals surface area contributed by atoms with Crippen molar-refractivity contribution in [2.75, 3.05) is 20.6 Å². The van der Waals surface area contributed by atoms with Gasteiger partial charge in [-0.25, -0.2) is 0 Å². The largest absolute Gasteiger partial charge is 0.354 e. The zero-order valence-corrected chi connectivity index (χ0v) is 11.6. The fourth-order valence-electron chi connectivity index (χ4n) is 1.61. The Morgan fingerprint density at radius 1 is 1.26 bits per heavy atom. The third kappa shape index (κ3) is 4.06. The van der Waals surface area contributed by atoms with E-state index >= 15 is 0 Å². The number of nitrogens with one attached hydrogen (secondary N) is 1. The van der Waals surface area contributed by atoms with Gasteiger partial charge < -0.3 is 16.0 Å². The summed E-state index contributed by atoms with van der Waals surface area (Å²) in [5, 5.41) is 2.70. The molecule has 5 heteroatoms. The molecule has 1 atom stereocenters. The number of carbonyl (C=O) groups excluding carboxylic acids is 2. The van der Waals surface area contributed by atoms with Gasteiger partial charge in [0.05, 0.1) is 0 Å². The second-order valence-corrected chi connectivity index (χ2v) is 4.86. The van der Waals surface area contributed by atoms with Crippen LogP contribution in [0.4, 0.5) is 0 Å². The van der Waals surface area contributed by atoms with Crippen molar-refractivity contribution in [1.29, 1.82) is 0 Å². The molecule has 0 saturated heterocycles. The highest BCUT2D eigenvalue weighted by atomic mass is 16.2. The van der Waals surface area contributed by atoms with Gasteiger partial charge in [0.2, 0.25) is 11.8 Å². The van der Waals surface area contributed by atoms with E-state index in [-0.39, 0.29) is 24.8 Å². The first-order valence-corrected chi connectivity index (χ1v) is 6.18. The Kier molecular flexibility index (Phi) is 5.06. The first-order chi connectivity index (χ1) is 8.85. The summed E-state index contributed by atoms with van der Waals surface area (Å²) < 4.78 is 0. The standard InChI is InChI=1S/C14H21N3O2/c1-14(15,11-7-5-4-6-8-11)13(19)16-10-9-12(18)17(2)3/h4-8H,9-10,15H2,1-3H3,(H,16,19). The van der Waals surface area contributed by atoms with Crippen molar-refractivity contribution < 1.29 is 9.59 Å². The van der Waals surface area contributed by atoms with Crippen molar-refractivity contribution in [3.63, 3.8) is 0 Å². The summed E-state index contributed by atoms with van der Waals surface area (Å²) in [6.45, 7) is 1.95. The van der Waals surface area contributed by atoms with Crippen molar-refractivity contribution in [1.82, 2.24) is 10.2 Å². The molecule has 0 fully saturated rings. The Bertz CT molecular complexity index is 441. The minimum atomic E-state index is -1.09. The molecule has 1 aromatic carbocycles. The first-order valence-electron chi connectivity index (χ1n) is 6.18. The smallest absolute Gasteiger partial charge is 0.244 e. The molecule has 1 rings (SSSR count). The zero-order valence-electron chi connectivity index (χ0n) is 11.6. The SMILES string of the molecule is CN(C)C(=O)CCNC(=O)C(C)(N)c1ccccc1. The number of carbonyl (C=O) groups is 2. The molecule has 2 amide bonds. The molecule has 0 aliphatic rings. The monoisotopic (exact) mass is 263 g/mol.